The fraction of sp³-hybridized carbons (Fsp3) is 1.00. The first-order chi connectivity index (χ1) is 5.40. The zero-order chi connectivity index (χ0) is 7.42. The van der Waals surface area contributed by atoms with Crippen LogP contribution in [0.2, 0.25) is 0 Å². The summed E-state index contributed by atoms with van der Waals surface area (Å²) in [6, 6.07) is 0. The molecule has 0 heterocycles. The Balaban J connectivity index is 1.71. The standard InChI is InChI=1S/C10H16S/c11-2-1-6-3-7-4-8-5-9(6)10(7)8/h6-11H,1-5H2. The molecule has 0 aliphatic heterocycles. The van der Waals surface area contributed by atoms with Gasteiger partial charge in [-0.1, -0.05) is 0 Å². The summed E-state index contributed by atoms with van der Waals surface area (Å²) in [5.74, 6) is 6.93. The van der Waals surface area contributed by atoms with E-state index in [0.29, 0.717) is 0 Å². The van der Waals surface area contributed by atoms with Crippen LogP contribution in [0.15, 0.2) is 0 Å². The molecule has 3 fully saturated rings. The molecule has 0 aromatic carbocycles. The van der Waals surface area contributed by atoms with Crippen molar-refractivity contribution in [3.8, 4) is 0 Å². The van der Waals surface area contributed by atoms with Gasteiger partial charge in [-0.05, 0) is 61.0 Å². The second-order valence-electron chi connectivity index (χ2n) is 4.74. The normalized spacial score (nSPS) is 58.1. The van der Waals surface area contributed by atoms with E-state index in [1.54, 1.807) is 19.3 Å². The van der Waals surface area contributed by atoms with Gasteiger partial charge >= 0.3 is 0 Å². The lowest BCUT2D eigenvalue weighted by Gasteiger charge is -2.54. The molecule has 3 saturated carbocycles. The molecule has 3 aliphatic rings. The molecule has 0 aromatic heterocycles. The summed E-state index contributed by atoms with van der Waals surface area (Å²) in [6.07, 6.45) is 6.13. The highest BCUT2D eigenvalue weighted by molar-refractivity contribution is 7.80. The smallest absolute Gasteiger partial charge is 0.00952 e. The van der Waals surface area contributed by atoms with Gasteiger partial charge in [0.2, 0.25) is 0 Å². The lowest BCUT2D eigenvalue weighted by atomic mass is 9.51. The lowest BCUT2D eigenvalue weighted by molar-refractivity contribution is -0.0484. The van der Waals surface area contributed by atoms with Crippen LogP contribution < -0.4 is 0 Å². The first-order valence-corrected chi connectivity index (χ1v) is 5.64. The maximum Gasteiger partial charge on any atom is -0.00952 e. The van der Waals surface area contributed by atoms with Gasteiger partial charge in [0.25, 0.3) is 0 Å². The Morgan fingerprint density at radius 3 is 2.55 bits per heavy atom. The molecule has 5 unspecified atom stereocenters. The molecule has 3 aliphatic carbocycles. The highest BCUT2D eigenvalue weighted by atomic mass is 32.1. The Kier molecular flexibility index (Phi) is 1.36. The van der Waals surface area contributed by atoms with Crippen molar-refractivity contribution in [2.75, 3.05) is 5.75 Å². The van der Waals surface area contributed by atoms with Crippen molar-refractivity contribution < 1.29 is 0 Å². The van der Waals surface area contributed by atoms with E-state index < -0.39 is 0 Å². The van der Waals surface area contributed by atoms with Crippen LogP contribution in [0.3, 0.4) is 0 Å². The third-order valence-electron chi connectivity index (χ3n) is 4.47. The van der Waals surface area contributed by atoms with Gasteiger partial charge in [-0.15, -0.1) is 0 Å². The summed E-state index contributed by atoms with van der Waals surface area (Å²) in [5, 5.41) is 0. The van der Waals surface area contributed by atoms with E-state index in [9.17, 15) is 0 Å². The van der Waals surface area contributed by atoms with Crippen molar-refractivity contribution >= 4 is 12.6 Å². The van der Waals surface area contributed by atoms with Crippen molar-refractivity contribution in [2.24, 2.45) is 29.6 Å². The predicted molar refractivity (Wildman–Crippen MR) is 49.8 cm³/mol. The summed E-state index contributed by atoms with van der Waals surface area (Å²) < 4.78 is 0. The Bertz CT molecular complexity index is 178. The monoisotopic (exact) mass is 168 g/mol. The van der Waals surface area contributed by atoms with E-state index in [0.717, 1.165) is 17.6 Å². The molecule has 0 amide bonds. The van der Waals surface area contributed by atoms with Gasteiger partial charge in [0, 0.05) is 0 Å². The Labute approximate surface area is 74.2 Å². The van der Waals surface area contributed by atoms with E-state index in [2.05, 4.69) is 12.6 Å². The van der Waals surface area contributed by atoms with Crippen LogP contribution >= 0.6 is 12.6 Å². The maximum atomic E-state index is 4.33. The molecule has 0 saturated heterocycles. The van der Waals surface area contributed by atoms with Gasteiger partial charge in [-0.2, -0.15) is 12.6 Å². The van der Waals surface area contributed by atoms with E-state index >= 15 is 0 Å². The third kappa shape index (κ3) is 0.734. The highest BCUT2D eigenvalue weighted by Crippen LogP contribution is 2.68. The van der Waals surface area contributed by atoms with Gasteiger partial charge in [0.1, 0.15) is 0 Å². The molecular weight excluding hydrogens is 152 g/mol. The third-order valence-corrected chi connectivity index (χ3v) is 4.73. The molecule has 0 aromatic rings. The van der Waals surface area contributed by atoms with E-state index in [-0.39, 0.29) is 0 Å². The van der Waals surface area contributed by atoms with Crippen LogP contribution in [0.25, 0.3) is 0 Å². The average molecular weight is 168 g/mol. The van der Waals surface area contributed by atoms with Gasteiger partial charge in [-0.25, -0.2) is 0 Å². The summed E-state index contributed by atoms with van der Waals surface area (Å²) in [5.41, 5.74) is 0. The zero-order valence-electron chi connectivity index (χ0n) is 6.87. The Morgan fingerprint density at radius 1 is 1.09 bits per heavy atom. The highest BCUT2D eigenvalue weighted by Gasteiger charge is 2.60. The Hall–Kier alpha value is 0.350. The van der Waals surface area contributed by atoms with Gasteiger partial charge in [0.15, 0.2) is 0 Å². The molecule has 0 spiro atoms. The van der Waals surface area contributed by atoms with Crippen molar-refractivity contribution in [2.45, 2.75) is 25.7 Å². The molecule has 62 valence electrons. The van der Waals surface area contributed by atoms with Crippen molar-refractivity contribution in [3.63, 3.8) is 0 Å². The second kappa shape index (κ2) is 2.18. The fourth-order valence-corrected chi connectivity index (χ4v) is 4.31. The molecule has 0 nitrogen and oxygen atoms in total. The van der Waals surface area contributed by atoms with Crippen LogP contribution in [0, 0.1) is 29.6 Å². The Morgan fingerprint density at radius 2 is 1.91 bits per heavy atom. The minimum atomic E-state index is 1.08. The maximum absolute atomic E-state index is 4.33. The summed E-state index contributed by atoms with van der Waals surface area (Å²) in [6.45, 7) is 0. The van der Waals surface area contributed by atoms with E-state index in [1.165, 1.54) is 24.2 Å². The molecule has 5 atom stereocenters. The van der Waals surface area contributed by atoms with Crippen LogP contribution in [0.4, 0.5) is 0 Å². The minimum Gasteiger partial charge on any atom is -0.179 e. The van der Waals surface area contributed by atoms with Crippen molar-refractivity contribution in [3.05, 3.63) is 0 Å². The quantitative estimate of drug-likeness (QED) is 0.602. The fourth-order valence-electron chi connectivity index (χ4n) is 3.98. The van der Waals surface area contributed by atoms with Crippen molar-refractivity contribution in [1.82, 2.24) is 0 Å². The molecule has 1 heteroatoms. The second-order valence-corrected chi connectivity index (χ2v) is 5.19. The van der Waals surface area contributed by atoms with E-state index in [1.807, 2.05) is 0 Å². The minimum absolute atomic E-state index is 1.08. The van der Waals surface area contributed by atoms with Gasteiger partial charge < -0.3 is 0 Å². The number of hydrogen-bond donors (Lipinski definition) is 1. The summed E-state index contributed by atoms with van der Waals surface area (Å²) in [7, 11) is 0. The topological polar surface area (TPSA) is 0 Å². The molecule has 11 heavy (non-hydrogen) atoms. The molecule has 0 radical (unpaired) electrons. The molecular formula is C10H16S. The van der Waals surface area contributed by atoms with Crippen molar-refractivity contribution in [1.29, 1.82) is 0 Å². The first kappa shape index (κ1) is 6.82. The summed E-state index contributed by atoms with van der Waals surface area (Å²) >= 11 is 4.33. The van der Waals surface area contributed by atoms with Crippen LogP contribution in [-0.4, -0.2) is 5.75 Å². The SMILES string of the molecule is SCCC1CC2CC3CC1C23. The van der Waals surface area contributed by atoms with Gasteiger partial charge in [0.05, 0.1) is 0 Å². The number of thiol groups is 1. The van der Waals surface area contributed by atoms with Crippen LogP contribution in [0.5, 0.6) is 0 Å². The molecule has 0 bridgehead atoms. The van der Waals surface area contributed by atoms with Gasteiger partial charge in [-0.3, -0.25) is 0 Å². The van der Waals surface area contributed by atoms with Crippen LogP contribution in [0.1, 0.15) is 25.7 Å². The largest absolute Gasteiger partial charge is 0.179 e. The zero-order valence-corrected chi connectivity index (χ0v) is 7.76. The molecule has 0 N–H and O–H groups in total. The number of rotatable bonds is 2. The molecule has 3 rings (SSSR count). The first-order valence-electron chi connectivity index (χ1n) is 5.01. The lowest BCUT2D eigenvalue weighted by Crippen LogP contribution is -2.47. The predicted octanol–water partition coefficient (Wildman–Crippen LogP) is 2.60. The number of hydrogen-bond acceptors (Lipinski definition) is 1. The average Bonchev–Trinajstić information content (AvgIpc) is 2.16. The van der Waals surface area contributed by atoms with Crippen LogP contribution in [-0.2, 0) is 0 Å². The summed E-state index contributed by atoms with van der Waals surface area (Å²) in [4.78, 5) is 0. The van der Waals surface area contributed by atoms with E-state index in [4.69, 9.17) is 0 Å².